The number of aromatic nitrogens is 1. The van der Waals surface area contributed by atoms with Crippen molar-refractivity contribution >= 4 is 45.1 Å². The van der Waals surface area contributed by atoms with Crippen LogP contribution in [-0.4, -0.2) is 29.0 Å². The van der Waals surface area contributed by atoms with Crippen molar-refractivity contribution in [1.29, 1.82) is 0 Å². The van der Waals surface area contributed by atoms with Crippen molar-refractivity contribution in [3.8, 4) is 5.75 Å². The van der Waals surface area contributed by atoms with Crippen molar-refractivity contribution in [2.24, 2.45) is 11.1 Å². The van der Waals surface area contributed by atoms with Gasteiger partial charge in [-0.15, -0.1) is 12.4 Å². The second kappa shape index (κ2) is 14.9. The first-order valence-electron chi connectivity index (χ1n) is 13.8. The highest BCUT2D eigenvalue weighted by molar-refractivity contribution is 9.10. The number of amides is 1. The van der Waals surface area contributed by atoms with Gasteiger partial charge in [0, 0.05) is 23.1 Å². The summed E-state index contributed by atoms with van der Waals surface area (Å²) in [5, 5.41) is 4.34. The summed E-state index contributed by atoms with van der Waals surface area (Å²) in [5.74, 6) is 0.916. The molecule has 1 atom stereocenters. The quantitative estimate of drug-likeness (QED) is 0.193. The Labute approximate surface area is 260 Å². The fourth-order valence-corrected chi connectivity index (χ4v) is 4.89. The normalized spacial score (nSPS) is 12.1. The molecule has 4 rings (SSSR count). The predicted octanol–water partition coefficient (Wildman–Crippen LogP) is 7.78. The first-order chi connectivity index (χ1) is 18.9. The fraction of sp³-hybridized carbons (Fsp3) is 0.382. The molecular weight excluding hydrogens is 598 g/mol. The molecule has 1 aromatic heterocycles. The Morgan fingerprint density at radius 2 is 1.56 bits per heavy atom. The average molecular weight is 643 g/mol. The van der Waals surface area contributed by atoms with Gasteiger partial charge in [-0.25, -0.2) is 0 Å². The molecule has 5 nitrogen and oxygen atoms in total. The summed E-state index contributed by atoms with van der Waals surface area (Å²) in [6.07, 6.45) is 0.886. The smallest absolute Gasteiger partial charge is 0.234 e. The molecule has 1 heterocycles. The molecule has 0 bridgehead atoms. The van der Waals surface area contributed by atoms with E-state index in [0.717, 1.165) is 24.3 Å². The van der Waals surface area contributed by atoms with Crippen LogP contribution in [0.3, 0.4) is 0 Å². The molecule has 0 aliphatic rings. The monoisotopic (exact) mass is 641 g/mol. The zero-order valence-electron chi connectivity index (χ0n) is 25.3. The number of rotatable bonds is 8. The third kappa shape index (κ3) is 8.84. The van der Waals surface area contributed by atoms with E-state index in [1.807, 2.05) is 71.0 Å². The van der Waals surface area contributed by atoms with Gasteiger partial charge in [-0.3, -0.25) is 4.79 Å². The lowest BCUT2D eigenvalue weighted by Crippen LogP contribution is -2.47. The zero-order chi connectivity index (χ0) is 29.5. The third-order valence-corrected chi connectivity index (χ3v) is 8.95. The van der Waals surface area contributed by atoms with Crippen LogP contribution in [-0.2, 0) is 23.3 Å². The molecule has 41 heavy (non-hydrogen) atoms. The van der Waals surface area contributed by atoms with Crippen LogP contribution in [0, 0.1) is 12.3 Å². The van der Waals surface area contributed by atoms with E-state index in [1.165, 1.54) is 27.7 Å². The van der Waals surface area contributed by atoms with E-state index in [2.05, 4.69) is 75.2 Å². The molecule has 1 unspecified atom stereocenters. The lowest BCUT2D eigenvalue weighted by molar-refractivity contribution is -0.123. The van der Waals surface area contributed by atoms with E-state index in [4.69, 9.17) is 10.5 Å². The third-order valence-electron chi connectivity index (χ3n) is 7.16. The number of fused-ring (bicyclic) bond motifs is 1. The van der Waals surface area contributed by atoms with Gasteiger partial charge in [-0.05, 0) is 74.0 Å². The molecular formula is C34H45BrClN3O2. The lowest BCUT2D eigenvalue weighted by Gasteiger charge is -2.31. The van der Waals surface area contributed by atoms with Crippen LogP contribution < -0.4 is 15.8 Å². The Balaban J connectivity index is 0.000000286. The maximum Gasteiger partial charge on any atom is 0.234 e. The van der Waals surface area contributed by atoms with Gasteiger partial charge in [0.15, 0.2) is 0 Å². The largest absolute Gasteiger partial charge is 0.497 e. The maximum absolute atomic E-state index is 12.2. The Morgan fingerprint density at radius 3 is 2.10 bits per heavy atom. The molecule has 0 radical (unpaired) electrons. The molecule has 1 amide bonds. The van der Waals surface area contributed by atoms with Gasteiger partial charge < -0.3 is 20.4 Å². The van der Waals surface area contributed by atoms with Gasteiger partial charge in [0.05, 0.1) is 17.5 Å². The van der Waals surface area contributed by atoms with Crippen molar-refractivity contribution < 1.29 is 9.53 Å². The predicted molar refractivity (Wildman–Crippen MR) is 179 cm³/mol. The summed E-state index contributed by atoms with van der Waals surface area (Å²) in [6, 6.07) is 26.8. The van der Waals surface area contributed by atoms with Crippen molar-refractivity contribution in [3.05, 3.63) is 101 Å². The van der Waals surface area contributed by atoms with Crippen molar-refractivity contribution in [1.82, 2.24) is 9.88 Å². The van der Waals surface area contributed by atoms with E-state index < -0.39 is 0 Å². The first-order valence-corrected chi connectivity index (χ1v) is 14.7. The van der Waals surface area contributed by atoms with Gasteiger partial charge in [-0.1, -0.05) is 97.4 Å². The second-order valence-corrected chi connectivity index (χ2v) is 12.7. The zero-order valence-corrected chi connectivity index (χ0v) is 27.7. The summed E-state index contributed by atoms with van der Waals surface area (Å²) in [6.45, 7) is 13.9. The van der Waals surface area contributed by atoms with E-state index in [-0.39, 0.29) is 34.1 Å². The molecule has 0 saturated carbocycles. The van der Waals surface area contributed by atoms with Crippen LogP contribution in [0.4, 0.5) is 0 Å². The Kier molecular flexibility index (Phi) is 12.5. The van der Waals surface area contributed by atoms with Crippen LogP contribution in [0.25, 0.3) is 10.9 Å². The minimum absolute atomic E-state index is 0. The Bertz CT molecular complexity index is 1400. The number of methoxy groups -OCH3 is 1. The van der Waals surface area contributed by atoms with E-state index in [1.54, 1.807) is 7.11 Å². The van der Waals surface area contributed by atoms with Gasteiger partial charge in [0.25, 0.3) is 0 Å². The number of halogens is 2. The summed E-state index contributed by atoms with van der Waals surface area (Å²) < 4.78 is 7.75. The summed E-state index contributed by atoms with van der Waals surface area (Å²) >= 11 is 3.48. The number of nitrogens with one attached hydrogen (secondary N) is 1. The highest BCUT2D eigenvalue weighted by Crippen LogP contribution is 2.31. The molecule has 0 saturated heterocycles. The number of benzene rings is 3. The van der Waals surface area contributed by atoms with Gasteiger partial charge in [0.1, 0.15) is 5.75 Å². The number of hydrogen-bond acceptors (Lipinski definition) is 3. The molecule has 3 N–H and O–H groups in total. The van der Waals surface area contributed by atoms with Crippen molar-refractivity contribution in [3.63, 3.8) is 0 Å². The molecule has 0 spiro atoms. The molecule has 0 aliphatic carbocycles. The van der Waals surface area contributed by atoms with Crippen molar-refractivity contribution in [2.45, 2.75) is 64.9 Å². The number of ether oxygens (including phenoxy) is 1. The van der Waals surface area contributed by atoms with Gasteiger partial charge in [0.2, 0.25) is 5.91 Å². The summed E-state index contributed by atoms with van der Waals surface area (Å²) in [5.41, 5.74) is 11.6. The molecule has 3 aromatic carbocycles. The second-order valence-electron chi connectivity index (χ2n) is 11.8. The Hall–Kier alpha value is -2.80. The maximum atomic E-state index is 12.2. The van der Waals surface area contributed by atoms with Crippen LogP contribution in [0.15, 0.2) is 78.9 Å². The molecule has 7 heteroatoms. The molecule has 0 aliphatic heterocycles. The number of hydrogen-bond donors (Lipinski definition) is 2. The van der Waals surface area contributed by atoms with Crippen LogP contribution in [0.1, 0.15) is 57.0 Å². The Morgan fingerprint density at radius 1 is 0.976 bits per heavy atom. The number of nitrogens with two attached hydrogens (primary N) is 1. The van der Waals surface area contributed by atoms with E-state index in [0.29, 0.717) is 6.54 Å². The van der Waals surface area contributed by atoms with Gasteiger partial charge in [-0.2, -0.15) is 0 Å². The fourth-order valence-electron chi connectivity index (χ4n) is 4.78. The number of alkyl halides is 1. The minimum atomic E-state index is -0.365. The standard InChI is InChI=1S/C19H22N2O.C15H22BrNO.ClH/c1-14-17(10-11-20)18-12-16(22-2)8-9-19(18)21(14)13-15-6-4-3-5-7-15;1-14(2,3)12(16)13(18)17-15(4,5)11-9-7-6-8-10-11;/h3-9,12H,10-11,13,20H2,1-2H3;6-10,12H,1-5H3,(H,17,18);1H. The van der Waals surface area contributed by atoms with Gasteiger partial charge >= 0.3 is 0 Å². The van der Waals surface area contributed by atoms with E-state index in [9.17, 15) is 4.79 Å². The minimum Gasteiger partial charge on any atom is -0.497 e. The highest BCUT2D eigenvalue weighted by atomic mass is 79.9. The van der Waals surface area contributed by atoms with E-state index >= 15 is 0 Å². The highest BCUT2D eigenvalue weighted by Gasteiger charge is 2.32. The summed E-state index contributed by atoms with van der Waals surface area (Å²) in [7, 11) is 1.71. The molecule has 4 aromatic rings. The number of nitrogens with zero attached hydrogens (tertiary/aromatic N) is 1. The van der Waals surface area contributed by atoms with Crippen LogP contribution in [0.5, 0.6) is 5.75 Å². The molecule has 0 fully saturated rings. The van der Waals surface area contributed by atoms with Crippen LogP contribution >= 0.6 is 28.3 Å². The SMILES string of the molecule is CC(C)(NC(=O)C(Br)C(C)(C)C)c1ccccc1.COc1ccc2c(c1)c(CCN)c(C)n2Cc1ccccc1.Cl. The number of carbonyl (C=O) groups excluding carboxylic acids is 1. The topological polar surface area (TPSA) is 69.3 Å². The lowest BCUT2D eigenvalue weighted by atomic mass is 9.89. The van der Waals surface area contributed by atoms with Crippen molar-refractivity contribution in [2.75, 3.05) is 13.7 Å². The van der Waals surface area contributed by atoms with Crippen LogP contribution in [0.2, 0.25) is 0 Å². The first kappa shape index (κ1) is 34.4. The average Bonchev–Trinajstić information content (AvgIpc) is 3.18. The molecule has 222 valence electrons. The summed E-state index contributed by atoms with van der Waals surface area (Å²) in [4.78, 5) is 12.0. The number of carbonyl (C=O) groups is 1.